The van der Waals surface area contributed by atoms with Crippen molar-refractivity contribution in [2.75, 3.05) is 20.8 Å². The maximum absolute atomic E-state index is 11.8. The molecule has 1 aromatic rings. The van der Waals surface area contributed by atoms with Crippen molar-refractivity contribution in [1.29, 1.82) is 0 Å². The molecular formula is C17H31N3O10. The van der Waals surface area contributed by atoms with Gasteiger partial charge in [-0.25, -0.2) is 4.79 Å². The Bertz CT molecular complexity index is 744. The topological polar surface area (TPSA) is 214 Å². The average molecular weight is 437 g/mol. The molecule has 1 aliphatic rings. The van der Waals surface area contributed by atoms with Crippen LogP contribution in [0.3, 0.4) is 0 Å². The molecule has 0 aliphatic carbocycles. The fourth-order valence-corrected chi connectivity index (χ4v) is 2.17. The van der Waals surface area contributed by atoms with Crippen LogP contribution in [0.2, 0.25) is 0 Å². The van der Waals surface area contributed by atoms with Gasteiger partial charge < -0.3 is 35.6 Å². The zero-order valence-corrected chi connectivity index (χ0v) is 17.4. The number of carbonyl (C=O) groups excluding carboxylic acids is 2. The number of H-pyrrole nitrogens is 1. The van der Waals surface area contributed by atoms with E-state index >= 15 is 0 Å². The van der Waals surface area contributed by atoms with E-state index in [0.29, 0.717) is 0 Å². The predicted molar refractivity (Wildman–Crippen MR) is 104 cm³/mol. The summed E-state index contributed by atoms with van der Waals surface area (Å²) in [6.45, 7) is 3.70. The first-order valence-corrected chi connectivity index (χ1v) is 8.92. The lowest BCUT2D eigenvalue weighted by atomic mass is 10.2. The summed E-state index contributed by atoms with van der Waals surface area (Å²) in [5, 5.41) is 33.5. The number of nitrogens with two attached hydrogens (primary N) is 1. The van der Waals surface area contributed by atoms with E-state index in [0.717, 1.165) is 25.0 Å². The van der Waals surface area contributed by atoms with Gasteiger partial charge in [-0.2, -0.15) is 0 Å². The first-order chi connectivity index (χ1) is 14.2. The van der Waals surface area contributed by atoms with Crippen LogP contribution in [0.25, 0.3) is 0 Å². The normalized spacial score (nSPS) is 17.2. The summed E-state index contributed by atoms with van der Waals surface area (Å²) < 4.78 is 10.6. The molecule has 0 amide bonds. The smallest absolute Gasteiger partial charge is 0.352 e. The van der Waals surface area contributed by atoms with Crippen molar-refractivity contribution in [1.82, 2.24) is 9.55 Å². The van der Waals surface area contributed by atoms with Crippen molar-refractivity contribution >= 4 is 12.3 Å². The number of nitrogens with zero attached hydrogens (tertiary/aromatic N) is 1. The van der Waals surface area contributed by atoms with E-state index in [1.54, 1.807) is 0 Å². The van der Waals surface area contributed by atoms with E-state index in [1.165, 1.54) is 6.42 Å². The van der Waals surface area contributed by atoms with Crippen LogP contribution in [0.1, 0.15) is 49.7 Å². The number of carbonyl (C=O) groups is 2. The van der Waals surface area contributed by atoms with Crippen LogP contribution in [-0.4, -0.2) is 75.1 Å². The van der Waals surface area contributed by atoms with Crippen LogP contribution < -0.4 is 17.0 Å². The number of aromatic amines is 1. The number of rotatable bonds is 5. The fraction of sp³-hybridized carbons (Fsp3) is 0.647. The Morgan fingerprint density at radius 2 is 1.83 bits per heavy atom. The SMILES string of the molecule is CCC.CO.CO.NCC(=O)OC(O)(O)C1CCC(n2cc(C=O)c(=O)[nH]c2=O)O1. The molecule has 1 aliphatic heterocycles. The molecule has 2 unspecified atom stereocenters. The number of aldehydes is 1. The van der Waals surface area contributed by atoms with E-state index < -0.39 is 42.1 Å². The number of esters is 1. The third-order valence-corrected chi connectivity index (χ3v) is 3.28. The maximum Gasteiger partial charge on any atom is 0.352 e. The monoisotopic (exact) mass is 437 g/mol. The quantitative estimate of drug-likeness (QED) is 0.165. The van der Waals surface area contributed by atoms with Gasteiger partial charge in [-0.1, -0.05) is 20.3 Å². The number of aliphatic hydroxyl groups is 4. The second kappa shape index (κ2) is 15.4. The van der Waals surface area contributed by atoms with Gasteiger partial charge in [0.2, 0.25) is 0 Å². The van der Waals surface area contributed by atoms with Gasteiger partial charge in [-0.3, -0.25) is 23.9 Å². The maximum atomic E-state index is 11.8. The molecule has 7 N–H and O–H groups in total. The molecule has 2 atom stereocenters. The van der Waals surface area contributed by atoms with Crippen molar-refractivity contribution in [2.24, 2.45) is 5.73 Å². The summed E-state index contributed by atoms with van der Waals surface area (Å²) in [4.78, 5) is 46.8. The second-order valence-electron chi connectivity index (χ2n) is 5.57. The molecule has 1 saturated heterocycles. The van der Waals surface area contributed by atoms with Crippen LogP contribution in [0, 0.1) is 0 Å². The van der Waals surface area contributed by atoms with Crippen LogP contribution in [0.5, 0.6) is 0 Å². The Hall–Kier alpha value is -2.42. The van der Waals surface area contributed by atoms with E-state index in [-0.39, 0.29) is 24.7 Å². The van der Waals surface area contributed by atoms with Gasteiger partial charge in [0.15, 0.2) is 12.4 Å². The average Bonchev–Trinajstić information content (AvgIpc) is 3.22. The summed E-state index contributed by atoms with van der Waals surface area (Å²) in [6.07, 6.45) is 0.408. The number of nitrogens with one attached hydrogen (secondary N) is 1. The lowest BCUT2D eigenvalue weighted by molar-refractivity contribution is -0.362. The Labute approximate surface area is 172 Å². The van der Waals surface area contributed by atoms with Crippen molar-refractivity contribution in [2.45, 2.75) is 51.4 Å². The first-order valence-electron chi connectivity index (χ1n) is 8.92. The van der Waals surface area contributed by atoms with E-state index in [1.807, 2.05) is 4.98 Å². The lowest BCUT2D eigenvalue weighted by Gasteiger charge is -2.27. The summed E-state index contributed by atoms with van der Waals surface area (Å²) >= 11 is 0. The molecule has 0 bridgehead atoms. The highest BCUT2D eigenvalue weighted by molar-refractivity contribution is 5.73. The minimum atomic E-state index is -2.91. The minimum absolute atomic E-state index is 0.0392. The molecule has 30 heavy (non-hydrogen) atoms. The molecule has 1 aromatic heterocycles. The standard InChI is InChI=1S/C12H15N3O8.C3H8.2CH4O/c13-3-9(17)23-12(20,21)7-1-2-8(22-7)15-4-6(5-16)10(18)14-11(15)19;1-3-2;2*1-2/h4-5,7-8,20-21H,1-3,13H2,(H,14,18,19);3H2,1-2H3;2*2H,1H3. The van der Waals surface area contributed by atoms with Crippen LogP contribution >= 0.6 is 0 Å². The van der Waals surface area contributed by atoms with E-state index in [2.05, 4.69) is 18.6 Å². The molecule has 0 saturated carbocycles. The van der Waals surface area contributed by atoms with Crippen LogP contribution in [0.15, 0.2) is 15.8 Å². The zero-order valence-electron chi connectivity index (χ0n) is 17.4. The Morgan fingerprint density at radius 1 is 1.30 bits per heavy atom. The number of hydrogen-bond donors (Lipinski definition) is 6. The lowest BCUT2D eigenvalue weighted by Crippen LogP contribution is -2.47. The zero-order chi connectivity index (χ0) is 23.9. The molecule has 2 heterocycles. The molecule has 13 nitrogen and oxygen atoms in total. The number of hydrogen-bond acceptors (Lipinski definition) is 11. The second-order valence-corrected chi connectivity index (χ2v) is 5.57. The van der Waals surface area contributed by atoms with Crippen molar-refractivity contribution in [3.63, 3.8) is 0 Å². The molecule has 0 aromatic carbocycles. The molecule has 0 spiro atoms. The van der Waals surface area contributed by atoms with Gasteiger partial charge in [0.25, 0.3) is 5.56 Å². The number of aromatic nitrogens is 2. The summed E-state index contributed by atoms with van der Waals surface area (Å²) in [5.74, 6) is -3.96. The van der Waals surface area contributed by atoms with Crippen LogP contribution in [-0.2, 0) is 14.3 Å². The Balaban J connectivity index is 0. The molecule has 174 valence electrons. The highest BCUT2D eigenvalue weighted by Crippen LogP contribution is 2.32. The highest BCUT2D eigenvalue weighted by atomic mass is 16.8. The first kappa shape index (κ1) is 29.8. The van der Waals surface area contributed by atoms with Crippen molar-refractivity contribution < 1.29 is 39.5 Å². The van der Waals surface area contributed by atoms with E-state index in [4.69, 9.17) is 20.7 Å². The predicted octanol–water partition coefficient (Wildman–Crippen LogP) is -2.20. The van der Waals surface area contributed by atoms with Gasteiger partial charge in [0.05, 0.1) is 12.1 Å². The van der Waals surface area contributed by atoms with Crippen molar-refractivity contribution in [3.05, 3.63) is 32.6 Å². The highest BCUT2D eigenvalue weighted by Gasteiger charge is 2.45. The van der Waals surface area contributed by atoms with Gasteiger partial charge in [0.1, 0.15) is 6.23 Å². The summed E-state index contributed by atoms with van der Waals surface area (Å²) in [7, 11) is 2.00. The summed E-state index contributed by atoms with van der Waals surface area (Å²) in [6, 6.07) is 0. The van der Waals surface area contributed by atoms with Gasteiger partial charge in [0, 0.05) is 20.4 Å². The molecular weight excluding hydrogens is 406 g/mol. The number of aliphatic hydroxyl groups excluding tert-OH is 2. The fourth-order valence-electron chi connectivity index (χ4n) is 2.17. The summed E-state index contributed by atoms with van der Waals surface area (Å²) in [5.41, 5.74) is 3.06. The van der Waals surface area contributed by atoms with Gasteiger partial charge in [-0.15, -0.1) is 0 Å². The molecule has 13 heteroatoms. The Kier molecular flexibility index (Phi) is 15.3. The largest absolute Gasteiger partial charge is 0.405 e. The molecule has 2 rings (SSSR count). The minimum Gasteiger partial charge on any atom is -0.405 e. The third-order valence-electron chi connectivity index (χ3n) is 3.28. The number of ether oxygens (including phenoxy) is 2. The molecule has 0 radical (unpaired) electrons. The van der Waals surface area contributed by atoms with Crippen LogP contribution in [0.4, 0.5) is 0 Å². The van der Waals surface area contributed by atoms with Crippen molar-refractivity contribution in [3.8, 4) is 0 Å². The van der Waals surface area contributed by atoms with Gasteiger partial charge >= 0.3 is 17.6 Å². The van der Waals surface area contributed by atoms with Gasteiger partial charge in [-0.05, 0) is 12.8 Å². The molecule has 1 fully saturated rings. The third kappa shape index (κ3) is 8.94. The Morgan fingerprint density at radius 3 is 2.30 bits per heavy atom. The van der Waals surface area contributed by atoms with E-state index in [9.17, 15) is 29.4 Å².